The minimum absolute atomic E-state index is 0.963. The molecule has 0 saturated carbocycles. The molecule has 2 aromatic heterocycles. The van der Waals surface area contributed by atoms with E-state index in [0.717, 1.165) is 112 Å². The van der Waals surface area contributed by atoms with Gasteiger partial charge in [0.15, 0.2) is 0 Å². The van der Waals surface area contributed by atoms with Gasteiger partial charge in [0.2, 0.25) is 0 Å². The average molecular weight is 1030 g/mol. The lowest BCUT2D eigenvalue weighted by Crippen LogP contribution is -2.10. The number of anilines is 12. The first-order valence-corrected chi connectivity index (χ1v) is 27.0. The molecule has 0 fully saturated rings. The number of para-hydroxylation sites is 8. The maximum absolute atomic E-state index is 5.19. The Hall–Kier alpha value is -10.8. The SMILES string of the molecule is c1ccc(N(c2ccccc2)c2ccc3cc4ccc(N(c5ccccc5)c5ccccc5)cc4nc3c2)cc1.c1ccc(N(c2ccccc2)c2ccc3nc4ccc(N(c5ccccc5)c5ccccc5)cc4cc3c2)cc1. The van der Waals surface area contributed by atoms with Crippen molar-refractivity contribution in [1.82, 2.24) is 9.97 Å². The highest BCUT2D eigenvalue weighted by molar-refractivity contribution is 5.99. The van der Waals surface area contributed by atoms with E-state index in [1.807, 2.05) is 24.3 Å². The van der Waals surface area contributed by atoms with Crippen LogP contribution in [0, 0.1) is 0 Å². The van der Waals surface area contributed by atoms with E-state index in [4.69, 9.17) is 9.97 Å². The van der Waals surface area contributed by atoms with Crippen molar-refractivity contribution in [3.63, 3.8) is 0 Å². The molecule has 0 saturated heterocycles. The van der Waals surface area contributed by atoms with E-state index in [1.54, 1.807) is 0 Å². The minimum atomic E-state index is 0.963. The summed E-state index contributed by atoms with van der Waals surface area (Å²) in [5.74, 6) is 0. The van der Waals surface area contributed by atoms with Gasteiger partial charge in [-0.2, -0.15) is 0 Å². The molecule has 380 valence electrons. The molecular weight excluding hydrogens is 973 g/mol. The predicted octanol–water partition coefficient (Wildman–Crippen LogP) is 20.7. The molecule has 0 N–H and O–H groups in total. The summed E-state index contributed by atoms with van der Waals surface area (Å²) < 4.78 is 0. The highest BCUT2D eigenvalue weighted by Crippen LogP contribution is 2.41. The van der Waals surface area contributed by atoms with Crippen LogP contribution in [0.3, 0.4) is 0 Å². The molecule has 6 heteroatoms. The molecule has 0 amide bonds. The van der Waals surface area contributed by atoms with Gasteiger partial charge >= 0.3 is 0 Å². The molecule has 12 aromatic carbocycles. The van der Waals surface area contributed by atoms with E-state index in [2.05, 4.69) is 323 Å². The Morgan fingerprint density at radius 3 is 0.625 bits per heavy atom. The topological polar surface area (TPSA) is 38.7 Å². The number of benzene rings is 12. The van der Waals surface area contributed by atoms with Gasteiger partial charge in [-0.15, -0.1) is 0 Å². The lowest BCUT2D eigenvalue weighted by Gasteiger charge is -2.26. The Morgan fingerprint density at radius 1 is 0.150 bits per heavy atom. The number of hydrogen-bond donors (Lipinski definition) is 0. The van der Waals surface area contributed by atoms with E-state index in [-0.39, 0.29) is 0 Å². The van der Waals surface area contributed by atoms with Crippen molar-refractivity contribution in [2.75, 3.05) is 19.6 Å². The van der Waals surface area contributed by atoms with E-state index >= 15 is 0 Å². The lowest BCUT2D eigenvalue weighted by molar-refractivity contribution is 1.28. The van der Waals surface area contributed by atoms with Crippen LogP contribution in [-0.2, 0) is 0 Å². The van der Waals surface area contributed by atoms with Crippen LogP contribution in [0.5, 0.6) is 0 Å². The van der Waals surface area contributed by atoms with Crippen LogP contribution in [0.15, 0.2) is 328 Å². The van der Waals surface area contributed by atoms with Crippen molar-refractivity contribution >= 4 is 112 Å². The van der Waals surface area contributed by atoms with Crippen molar-refractivity contribution in [3.8, 4) is 0 Å². The number of hydrogen-bond acceptors (Lipinski definition) is 6. The van der Waals surface area contributed by atoms with Crippen molar-refractivity contribution in [3.05, 3.63) is 328 Å². The summed E-state index contributed by atoms with van der Waals surface area (Å²) in [6.45, 7) is 0. The Morgan fingerprint density at radius 2 is 0.362 bits per heavy atom. The van der Waals surface area contributed by atoms with Gasteiger partial charge in [-0.05, 0) is 170 Å². The second-order valence-electron chi connectivity index (χ2n) is 19.5. The molecule has 0 aliphatic carbocycles. The third-order valence-corrected chi connectivity index (χ3v) is 14.3. The van der Waals surface area contributed by atoms with E-state index in [0.29, 0.717) is 0 Å². The highest BCUT2D eigenvalue weighted by atomic mass is 15.2. The molecule has 0 bridgehead atoms. The summed E-state index contributed by atoms with van der Waals surface area (Å²) >= 11 is 0. The maximum atomic E-state index is 5.19. The molecule has 0 radical (unpaired) electrons. The summed E-state index contributed by atoms with van der Waals surface area (Å²) in [5.41, 5.74) is 17.1. The van der Waals surface area contributed by atoms with Crippen molar-refractivity contribution in [1.29, 1.82) is 0 Å². The fourth-order valence-electron chi connectivity index (χ4n) is 10.6. The smallest absolute Gasteiger partial charge is 0.0730 e. The predicted molar refractivity (Wildman–Crippen MR) is 337 cm³/mol. The van der Waals surface area contributed by atoms with Crippen LogP contribution in [0.2, 0.25) is 0 Å². The third-order valence-electron chi connectivity index (χ3n) is 14.3. The second-order valence-corrected chi connectivity index (χ2v) is 19.5. The number of pyridine rings is 2. The molecule has 0 spiro atoms. The van der Waals surface area contributed by atoms with Gasteiger partial charge in [0.1, 0.15) is 0 Å². The standard InChI is InChI=1S/2C37H27N3/c1-5-13-30(14-6-1)39(31-15-7-2-8-16-31)34-21-23-36-28(26-34)25-29-27-35(22-24-37(29)38-36)40(32-17-9-3-10-18-32)33-19-11-4-12-20-33;1-5-13-30(14-6-1)39(31-15-7-2-8-16-31)34-23-21-28-25-29-22-24-35(27-37(29)38-36(28)26-34)40(32-17-9-3-10-18-32)33-19-11-4-12-20-33/h2*1-27H. The maximum Gasteiger partial charge on any atom is 0.0730 e. The Kier molecular flexibility index (Phi) is 13.7. The van der Waals surface area contributed by atoms with E-state index < -0.39 is 0 Å². The van der Waals surface area contributed by atoms with Gasteiger partial charge in [-0.25, -0.2) is 9.97 Å². The summed E-state index contributed by atoms with van der Waals surface area (Å²) in [4.78, 5) is 19.3. The molecule has 2 heterocycles. The normalized spacial score (nSPS) is 11.0. The second kappa shape index (κ2) is 22.4. The monoisotopic (exact) mass is 1030 g/mol. The highest BCUT2D eigenvalue weighted by Gasteiger charge is 2.18. The fourth-order valence-corrected chi connectivity index (χ4v) is 10.6. The number of rotatable bonds is 12. The fraction of sp³-hybridized carbons (Fsp3) is 0. The largest absolute Gasteiger partial charge is 0.310 e. The molecule has 0 aliphatic rings. The third kappa shape index (κ3) is 10.3. The molecule has 0 aliphatic heterocycles. The van der Waals surface area contributed by atoms with Crippen molar-refractivity contribution in [2.24, 2.45) is 0 Å². The van der Waals surface area contributed by atoms with Gasteiger partial charge in [0, 0.05) is 89.8 Å². The van der Waals surface area contributed by atoms with Crippen LogP contribution < -0.4 is 19.6 Å². The first-order chi connectivity index (χ1) is 39.7. The molecule has 6 nitrogen and oxygen atoms in total. The number of fused-ring (bicyclic) bond motifs is 4. The molecule has 14 rings (SSSR count). The van der Waals surface area contributed by atoms with Gasteiger partial charge < -0.3 is 19.6 Å². The zero-order valence-corrected chi connectivity index (χ0v) is 43.9. The van der Waals surface area contributed by atoms with E-state index in [1.165, 1.54) is 0 Å². The first kappa shape index (κ1) is 48.8. The molecule has 14 aromatic rings. The number of nitrogens with zero attached hydrogens (tertiary/aromatic N) is 6. The summed E-state index contributed by atoms with van der Waals surface area (Å²) in [6, 6.07) is 114. The van der Waals surface area contributed by atoms with Crippen LogP contribution in [-0.4, -0.2) is 9.97 Å². The zero-order chi connectivity index (χ0) is 53.5. The Balaban J connectivity index is 0.000000151. The molecular formula is C74H54N6. The molecule has 80 heavy (non-hydrogen) atoms. The van der Waals surface area contributed by atoms with Crippen LogP contribution in [0.4, 0.5) is 68.2 Å². The zero-order valence-electron chi connectivity index (χ0n) is 43.9. The van der Waals surface area contributed by atoms with Crippen LogP contribution in [0.1, 0.15) is 0 Å². The van der Waals surface area contributed by atoms with Crippen molar-refractivity contribution in [2.45, 2.75) is 0 Å². The van der Waals surface area contributed by atoms with Gasteiger partial charge in [0.25, 0.3) is 0 Å². The minimum Gasteiger partial charge on any atom is -0.310 e. The number of aromatic nitrogens is 2. The molecule has 0 unspecified atom stereocenters. The van der Waals surface area contributed by atoms with Crippen LogP contribution in [0.25, 0.3) is 43.6 Å². The summed E-state index contributed by atoms with van der Waals surface area (Å²) in [5, 5.41) is 4.44. The lowest BCUT2D eigenvalue weighted by atomic mass is 10.1. The quantitative estimate of drug-likeness (QED) is 0.114. The van der Waals surface area contributed by atoms with Crippen molar-refractivity contribution < 1.29 is 0 Å². The van der Waals surface area contributed by atoms with Crippen LogP contribution >= 0.6 is 0 Å². The summed E-state index contributed by atoms with van der Waals surface area (Å²) in [7, 11) is 0. The molecule has 0 atom stereocenters. The van der Waals surface area contributed by atoms with Gasteiger partial charge in [0.05, 0.1) is 22.1 Å². The van der Waals surface area contributed by atoms with Gasteiger partial charge in [-0.3, -0.25) is 0 Å². The Bertz CT molecular complexity index is 3630. The van der Waals surface area contributed by atoms with E-state index in [9.17, 15) is 0 Å². The first-order valence-electron chi connectivity index (χ1n) is 27.0. The average Bonchev–Trinajstić information content (AvgIpc) is 3.58. The van der Waals surface area contributed by atoms with Gasteiger partial charge in [-0.1, -0.05) is 158 Å². The summed E-state index contributed by atoms with van der Waals surface area (Å²) in [6.07, 6.45) is 0. The Labute approximate surface area is 466 Å².